The zero-order valence-corrected chi connectivity index (χ0v) is 38.3. The van der Waals surface area contributed by atoms with Crippen molar-refractivity contribution in [3.05, 3.63) is 48.6 Å². The molecule has 0 aromatic heterocycles. The Bertz CT molecular complexity index is 1250. The van der Waals surface area contributed by atoms with Gasteiger partial charge in [-0.3, -0.25) is 18.6 Å². The summed E-state index contributed by atoms with van der Waals surface area (Å²) < 4.78 is 33.5. The summed E-state index contributed by atoms with van der Waals surface area (Å²) in [6, 6.07) is 0. The number of phosphoric ester groups is 1. The largest absolute Gasteiger partial charge is 0.472 e. The van der Waals surface area contributed by atoms with Crippen LogP contribution >= 0.6 is 7.82 Å². The lowest BCUT2D eigenvalue weighted by Crippen LogP contribution is -2.64. The summed E-state index contributed by atoms with van der Waals surface area (Å²) in [6.45, 7) is 3.23. The van der Waals surface area contributed by atoms with E-state index in [0.717, 1.165) is 89.9 Å². The van der Waals surface area contributed by atoms with Gasteiger partial charge >= 0.3 is 19.8 Å². The van der Waals surface area contributed by atoms with Crippen LogP contribution in [0.25, 0.3) is 0 Å². The maximum absolute atomic E-state index is 12.8. The predicted molar refractivity (Wildman–Crippen MR) is 239 cm³/mol. The lowest BCUT2D eigenvalue weighted by Gasteiger charge is -2.41. The standard InChI is InChI=1S/C47H83O13P/c1-3-5-7-9-11-13-15-17-19-20-22-23-25-27-29-31-33-35-40(48)57-37-39(38-58-61(55,56)60-47-45(53)43(51)42(50)44(52)46(47)54)59-41(49)36-34-32-30-28-26-24-21-18-16-14-12-10-8-6-4-2/h11,13-14,16-17,19,22-23,39,42-47,50-54H,3-10,12,15,18,20-21,24-38H2,1-2H3,(H,55,56). The Morgan fingerprint density at radius 3 is 1.39 bits per heavy atom. The fourth-order valence-electron chi connectivity index (χ4n) is 6.82. The average Bonchev–Trinajstić information content (AvgIpc) is 3.24. The van der Waals surface area contributed by atoms with Crippen molar-refractivity contribution in [2.45, 2.75) is 224 Å². The van der Waals surface area contributed by atoms with Crippen LogP contribution in [0.4, 0.5) is 0 Å². The van der Waals surface area contributed by atoms with Gasteiger partial charge in [-0.1, -0.05) is 140 Å². The summed E-state index contributed by atoms with van der Waals surface area (Å²) in [6.07, 6.45) is 30.1. The molecule has 0 radical (unpaired) electrons. The van der Waals surface area contributed by atoms with Crippen molar-refractivity contribution in [2.75, 3.05) is 13.2 Å². The molecular weight excluding hydrogens is 803 g/mol. The predicted octanol–water partition coefficient (Wildman–Crippen LogP) is 9.17. The Kier molecular flexibility index (Phi) is 34.7. The van der Waals surface area contributed by atoms with Gasteiger partial charge in [-0.05, 0) is 77.0 Å². The number of ether oxygens (including phenoxy) is 2. The Balaban J connectivity index is 2.48. The number of esters is 2. The van der Waals surface area contributed by atoms with E-state index >= 15 is 0 Å². The van der Waals surface area contributed by atoms with Gasteiger partial charge in [-0.15, -0.1) is 0 Å². The summed E-state index contributed by atoms with van der Waals surface area (Å²) >= 11 is 0. The van der Waals surface area contributed by atoms with Gasteiger partial charge < -0.3 is 39.9 Å². The number of hydrogen-bond donors (Lipinski definition) is 6. The number of phosphoric acid groups is 1. The summed E-state index contributed by atoms with van der Waals surface area (Å²) in [5.41, 5.74) is 0. The fraction of sp³-hybridized carbons (Fsp3) is 0.787. The molecule has 0 bridgehead atoms. The summed E-state index contributed by atoms with van der Waals surface area (Å²) in [5.74, 6) is -1.13. The molecule has 0 aromatic rings. The van der Waals surface area contributed by atoms with Crippen molar-refractivity contribution in [3.63, 3.8) is 0 Å². The second-order valence-corrected chi connectivity index (χ2v) is 17.7. The minimum Gasteiger partial charge on any atom is -0.462 e. The molecule has 354 valence electrons. The van der Waals surface area contributed by atoms with E-state index in [0.29, 0.717) is 12.8 Å². The van der Waals surface area contributed by atoms with Crippen molar-refractivity contribution in [3.8, 4) is 0 Å². The van der Waals surface area contributed by atoms with Crippen LogP contribution in [0.3, 0.4) is 0 Å². The van der Waals surface area contributed by atoms with Gasteiger partial charge in [0, 0.05) is 12.8 Å². The first-order valence-corrected chi connectivity index (χ1v) is 24.9. The molecule has 0 aliphatic heterocycles. The monoisotopic (exact) mass is 887 g/mol. The van der Waals surface area contributed by atoms with Crippen molar-refractivity contribution in [1.29, 1.82) is 0 Å². The van der Waals surface area contributed by atoms with Crippen molar-refractivity contribution < 1.29 is 63.1 Å². The number of aliphatic hydroxyl groups is 5. The van der Waals surface area contributed by atoms with Crippen LogP contribution in [0.5, 0.6) is 0 Å². The van der Waals surface area contributed by atoms with Gasteiger partial charge in [0.15, 0.2) is 6.10 Å². The van der Waals surface area contributed by atoms with Crippen LogP contribution in [-0.2, 0) is 32.7 Å². The minimum atomic E-state index is -5.12. The molecule has 0 amide bonds. The molecule has 0 aromatic carbocycles. The van der Waals surface area contributed by atoms with Gasteiger partial charge in [0.05, 0.1) is 6.61 Å². The number of allylic oxidation sites excluding steroid dienone is 8. The average molecular weight is 887 g/mol. The summed E-state index contributed by atoms with van der Waals surface area (Å²) in [7, 11) is -5.12. The van der Waals surface area contributed by atoms with Gasteiger partial charge in [0.25, 0.3) is 0 Å². The topological polar surface area (TPSA) is 210 Å². The maximum atomic E-state index is 12.8. The quantitative estimate of drug-likeness (QED) is 0.0148. The molecule has 1 rings (SSSR count). The minimum absolute atomic E-state index is 0.0854. The van der Waals surface area contributed by atoms with Crippen LogP contribution in [0.2, 0.25) is 0 Å². The molecule has 1 aliphatic carbocycles. The first-order chi connectivity index (χ1) is 29.4. The SMILES string of the molecule is CCCCCC=CCC=CCC=CCCCCCCC(=O)OCC(COP(=O)(O)OC1C(O)C(O)C(O)C(O)C1O)OC(=O)CCCCCCCCCC=CCCCCCC. The van der Waals surface area contributed by atoms with E-state index in [4.69, 9.17) is 18.5 Å². The number of unbranched alkanes of at least 4 members (excludes halogenated alkanes) is 18. The molecule has 0 spiro atoms. The number of hydrogen-bond acceptors (Lipinski definition) is 12. The first kappa shape index (κ1) is 56.8. The van der Waals surface area contributed by atoms with Crippen molar-refractivity contribution in [1.82, 2.24) is 0 Å². The Morgan fingerprint density at radius 2 is 0.885 bits per heavy atom. The van der Waals surface area contributed by atoms with Gasteiger partial charge in [-0.2, -0.15) is 0 Å². The molecule has 6 atom stereocenters. The Hall–Kier alpha value is -2.19. The maximum Gasteiger partial charge on any atom is 0.472 e. The fourth-order valence-corrected chi connectivity index (χ4v) is 7.79. The van der Waals surface area contributed by atoms with E-state index in [-0.39, 0.29) is 12.8 Å². The van der Waals surface area contributed by atoms with Crippen LogP contribution in [-0.4, -0.2) is 98.3 Å². The van der Waals surface area contributed by atoms with E-state index in [1.807, 2.05) is 0 Å². The lowest BCUT2D eigenvalue weighted by atomic mass is 9.85. The molecule has 6 unspecified atom stereocenters. The third-order valence-electron chi connectivity index (χ3n) is 10.6. The third-order valence-corrected chi connectivity index (χ3v) is 11.6. The zero-order valence-electron chi connectivity index (χ0n) is 37.4. The second-order valence-electron chi connectivity index (χ2n) is 16.3. The first-order valence-electron chi connectivity index (χ1n) is 23.4. The lowest BCUT2D eigenvalue weighted by molar-refractivity contribution is -0.220. The Morgan fingerprint density at radius 1 is 0.508 bits per heavy atom. The highest BCUT2D eigenvalue weighted by molar-refractivity contribution is 7.47. The molecule has 1 aliphatic rings. The third kappa shape index (κ3) is 29.7. The smallest absolute Gasteiger partial charge is 0.462 e. The molecule has 0 saturated heterocycles. The van der Waals surface area contributed by atoms with E-state index in [1.54, 1.807) is 0 Å². The molecular formula is C47H83O13P. The van der Waals surface area contributed by atoms with Crippen LogP contribution in [0, 0.1) is 0 Å². The molecule has 1 saturated carbocycles. The molecule has 13 nitrogen and oxygen atoms in total. The molecule has 6 N–H and O–H groups in total. The molecule has 0 heterocycles. The number of aliphatic hydroxyl groups excluding tert-OH is 5. The van der Waals surface area contributed by atoms with E-state index < -0.39 is 75.7 Å². The highest BCUT2D eigenvalue weighted by atomic mass is 31.2. The van der Waals surface area contributed by atoms with Crippen LogP contribution < -0.4 is 0 Å². The highest BCUT2D eigenvalue weighted by Gasteiger charge is 2.51. The summed E-state index contributed by atoms with van der Waals surface area (Å²) in [4.78, 5) is 35.7. The van der Waals surface area contributed by atoms with Gasteiger partial charge in [0.2, 0.25) is 0 Å². The van der Waals surface area contributed by atoms with E-state index in [1.165, 1.54) is 51.4 Å². The van der Waals surface area contributed by atoms with Crippen molar-refractivity contribution in [2.24, 2.45) is 0 Å². The number of carbonyl (C=O) groups is 2. The summed E-state index contributed by atoms with van der Waals surface area (Å²) in [5, 5.41) is 50.1. The zero-order chi connectivity index (χ0) is 45.0. The van der Waals surface area contributed by atoms with E-state index in [9.17, 15) is 44.6 Å². The highest BCUT2D eigenvalue weighted by Crippen LogP contribution is 2.47. The normalized spacial score (nSPS) is 22.4. The van der Waals surface area contributed by atoms with Gasteiger partial charge in [-0.25, -0.2) is 4.57 Å². The van der Waals surface area contributed by atoms with Gasteiger partial charge in [0.1, 0.15) is 43.2 Å². The Labute approximate surface area is 367 Å². The number of carbonyl (C=O) groups excluding carboxylic acids is 2. The van der Waals surface area contributed by atoms with Crippen LogP contribution in [0.15, 0.2) is 48.6 Å². The molecule has 14 heteroatoms. The van der Waals surface area contributed by atoms with Crippen LogP contribution in [0.1, 0.15) is 181 Å². The van der Waals surface area contributed by atoms with Crippen molar-refractivity contribution >= 4 is 19.8 Å². The van der Waals surface area contributed by atoms with E-state index in [2.05, 4.69) is 62.5 Å². The molecule has 1 fully saturated rings. The second kappa shape index (κ2) is 37.2. The number of rotatable bonds is 38. The molecule has 61 heavy (non-hydrogen) atoms.